The summed E-state index contributed by atoms with van der Waals surface area (Å²) in [7, 11) is 1.74. The summed E-state index contributed by atoms with van der Waals surface area (Å²) >= 11 is 0. The first-order valence-corrected chi connectivity index (χ1v) is 9.67. The van der Waals surface area contributed by atoms with Crippen LogP contribution in [0.15, 0.2) is 53.1 Å². The highest BCUT2D eigenvalue weighted by atomic mass is 16.5. The van der Waals surface area contributed by atoms with E-state index in [9.17, 15) is 0 Å². The third-order valence-corrected chi connectivity index (χ3v) is 5.15. The molecule has 0 unspecified atom stereocenters. The van der Waals surface area contributed by atoms with E-state index in [0.717, 1.165) is 44.0 Å². The van der Waals surface area contributed by atoms with E-state index in [1.165, 1.54) is 11.1 Å². The average Bonchev–Trinajstić information content (AvgIpc) is 3.19. The van der Waals surface area contributed by atoms with Gasteiger partial charge in [-0.05, 0) is 13.0 Å². The van der Waals surface area contributed by atoms with E-state index in [4.69, 9.17) is 9.26 Å². The van der Waals surface area contributed by atoms with E-state index in [0.29, 0.717) is 18.3 Å². The second-order valence-corrected chi connectivity index (χ2v) is 7.25. The molecule has 1 aliphatic heterocycles. The minimum absolute atomic E-state index is 0.653. The third-order valence-electron chi connectivity index (χ3n) is 5.15. The van der Waals surface area contributed by atoms with E-state index in [1.54, 1.807) is 7.11 Å². The van der Waals surface area contributed by atoms with Crippen molar-refractivity contribution in [1.29, 1.82) is 0 Å². The van der Waals surface area contributed by atoms with Gasteiger partial charge in [0.2, 0.25) is 11.7 Å². The van der Waals surface area contributed by atoms with Gasteiger partial charge in [-0.25, -0.2) is 0 Å². The molecule has 0 N–H and O–H groups in total. The summed E-state index contributed by atoms with van der Waals surface area (Å²) in [6, 6.07) is 16.3. The second-order valence-electron chi connectivity index (χ2n) is 7.25. The molecule has 28 heavy (non-hydrogen) atoms. The Balaban J connectivity index is 1.31. The normalized spacial score (nSPS) is 15.6. The Labute approximate surface area is 165 Å². The van der Waals surface area contributed by atoms with Crippen LogP contribution in [0.5, 0.6) is 5.75 Å². The monoisotopic (exact) mass is 378 g/mol. The lowest BCUT2D eigenvalue weighted by Gasteiger charge is -2.34. The first-order chi connectivity index (χ1) is 13.7. The summed E-state index contributed by atoms with van der Waals surface area (Å²) in [6.45, 7) is 7.72. The molecule has 1 fully saturated rings. The molecule has 0 radical (unpaired) electrons. The molecule has 0 bridgehead atoms. The van der Waals surface area contributed by atoms with Crippen LogP contribution in [0, 0.1) is 6.92 Å². The largest absolute Gasteiger partial charge is 0.496 e. The van der Waals surface area contributed by atoms with Crippen LogP contribution >= 0.6 is 0 Å². The van der Waals surface area contributed by atoms with Gasteiger partial charge in [0, 0.05) is 43.9 Å². The fourth-order valence-electron chi connectivity index (χ4n) is 3.59. The molecule has 0 spiro atoms. The average molecular weight is 378 g/mol. The van der Waals surface area contributed by atoms with Crippen LogP contribution < -0.4 is 4.74 Å². The summed E-state index contributed by atoms with van der Waals surface area (Å²) in [6.07, 6.45) is 0. The first-order valence-electron chi connectivity index (χ1n) is 9.67. The van der Waals surface area contributed by atoms with Crippen molar-refractivity contribution in [2.24, 2.45) is 0 Å². The van der Waals surface area contributed by atoms with Gasteiger partial charge in [0.05, 0.1) is 13.7 Å². The topological polar surface area (TPSA) is 54.6 Å². The lowest BCUT2D eigenvalue weighted by Crippen LogP contribution is -2.45. The molecule has 1 aromatic heterocycles. The van der Waals surface area contributed by atoms with Gasteiger partial charge in [0.1, 0.15) is 5.75 Å². The Morgan fingerprint density at radius 1 is 0.964 bits per heavy atom. The molecule has 6 nitrogen and oxygen atoms in total. The van der Waals surface area contributed by atoms with Crippen molar-refractivity contribution in [3.05, 3.63) is 65.5 Å². The van der Waals surface area contributed by atoms with Gasteiger partial charge < -0.3 is 9.26 Å². The van der Waals surface area contributed by atoms with E-state index >= 15 is 0 Å². The number of aryl methyl sites for hydroxylation is 1. The summed E-state index contributed by atoms with van der Waals surface area (Å²) in [5.74, 6) is 2.29. The van der Waals surface area contributed by atoms with E-state index in [-0.39, 0.29) is 0 Å². The number of ether oxygens (including phenoxy) is 1. The van der Waals surface area contributed by atoms with Crippen molar-refractivity contribution < 1.29 is 9.26 Å². The zero-order chi connectivity index (χ0) is 19.3. The highest BCUT2D eigenvalue weighted by molar-refractivity contribution is 5.53. The number of benzene rings is 2. The predicted molar refractivity (Wildman–Crippen MR) is 108 cm³/mol. The Hall–Kier alpha value is -2.70. The quantitative estimate of drug-likeness (QED) is 0.656. The standard InChI is InChI=1S/C22H26N4O2/c1-17-8-9-20(27-2)19(14-17)15-25-10-12-26(13-11-25)16-21-23-22(24-28-21)18-6-4-3-5-7-18/h3-9,14H,10-13,15-16H2,1-2H3. The van der Waals surface area contributed by atoms with Crippen molar-refractivity contribution in [3.8, 4) is 17.1 Å². The number of piperazine rings is 1. The lowest BCUT2D eigenvalue weighted by atomic mass is 10.1. The minimum atomic E-state index is 0.653. The molecule has 0 aliphatic carbocycles. The van der Waals surface area contributed by atoms with Gasteiger partial charge in [-0.15, -0.1) is 0 Å². The van der Waals surface area contributed by atoms with Gasteiger partial charge in [0.25, 0.3) is 0 Å². The molecule has 146 valence electrons. The van der Waals surface area contributed by atoms with Crippen LogP contribution in [0.4, 0.5) is 0 Å². The molecule has 1 saturated heterocycles. The zero-order valence-corrected chi connectivity index (χ0v) is 16.5. The maximum atomic E-state index is 5.52. The Morgan fingerprint density at radius 2 is 1.68 bits per heavy atom. The van der Waals surface area contributed by atoms with Crippen LogP contribution in [0.2, 0.25) is 0 Å². The smallest absolute Gasteiger partial charge is 0.241 e. The summed E-state index contributed by atoms with van der Waals surface area (Å²) in [5, 5.41) is 4.11. The van der Waals surface area contributed by atoms with E-state index in [1.807, 2.05) is 30.3 Å². The van der Waals surface area contributed by atoms with Gasteiger partial charge >= 0.3 is 0 Å². The highest BCUT2D eigenvalue weighted by Crippen LogP contribution is 2.22. The van der Waals surface area contributed by atoms with Crippen LogP contribution in [-0.4, -0.2) is 53.2 Å². The Morgan fingerprint density at radius 3 is 2.39 bits per heavy atom. The van der Waals surface area contributed by atoms with E-state index in [2.05, 4.69) is 45.1 Å². The molecule has 3 aromatic rings. The molecule has 2 heterocycles. The van der Waals surface area contributed by atoms with Crippen molar-refractivity contribution >= 4 is 0 Å². The van der Waals surface area contributed by atoms with Gasteiger partial charge in [0.15, 0.2) is 0 Å². The molecule has 6 heteroatoms. The second kappa shape index (κ2) is 8.54. The molecule has 4 rings (SSSR count). The SMILES string of the molecule is COc1ccc(C)cc1CN1CCN(Cc2nc(-c3ccccc3)no2)CC1. The highest BCUT2D eigenvalue weighted by Gasteiger charge is 2.20. The van der Waals surface area contributed by atoms with Crippen molar-refractivity contribution in [3.63, 3.8) is 0 Å². The molecule has 0 atom stereocenters. The number of nitrogens with zero attached hydrogens (tertiary/aromatic N) is 4. The Bertz CT molecular complexity index is 902. The van der Waals surface area contributed by atoms with Crippen LogP contribution in [0.1, 0.15) is 17.0 Å². The number of hydrogen-bond donors (Lipinski definition) is 0. The van der Waals surface area contributed by atoms with Crippen molar-refractivity contribution in [2.45, 2.75) is 20.0 Å². The molecular weight excluding hydrogens is 352 g/mol. The molecule has 2 aromatic carbocycles. The first kappa shape index (κ1) is 18.7. The maximum Gasteiger partial charge on any atom is 0.241 e. The fraction of sp³-hybridized carbons (Fsp3) is 0.364. The zero-order valence-electron chi connectivity index (χ0n) is 16.5. The van der Waals surface area contributed by atoms with Crippen molar-refractivity contribution in [1.82, 2.24) is 19.9 Å². The summed E-state index contributed by atoms with van der Waals surface area (Å²) in [4.78, 5) is 9.38. The number of hydrogen-bond acceptors (Lipinski definition) is 6. The predicted octanol–water partition coefficient (Wildman–Crippen LogP) is 3.37. The molecule has 0 amide bonds. The third kappa shape index (κ3) is 4.40. The van der Waals surface area contributed by atoms with Crippen LogP contribution in [0.3, 0.4) is 0 Å². The Kier molecular flexibility index (Phi) is 5.69. The van der Waals surface area contributed by atoms with Gasteiger partial charge in [-0.1, -0.05) is 53.2 Å². The number of aromatic nitrogens is 2. The summed E-state index contributed by atoms with van der Waals surface area (Å²) < 4.78 is 11.0. The number of methoxy groups -OCH3 is 1. The minimum Gasteiger partial charge on any atom is -0.496 e. The van der Waals surface area contributed by atoms with Gasteiger partial charge in [-0.2, -0.15) is 4.98 Å². The van der Waals surface area contributed by atoms with Crippen molar-refractivity contribution in [2.75, 3.05) is 33.3 Å². The number of rotatable bonds is 6. The lowest BCUT2D eigenvalue weighted by molar-refractivity contribution is 0.111. The molecule has 0 saturated carbocycles. The van der Waals surface area contributed by atoms with Crippen LogP contribution in [0.25, 0.3) is 11.4 Å². The molecular formula is C22H26N4O2. The van der Waals surface area contributed by atoms with Gasteiger partial charge in [-0.3, -0.25) is 9.80 Å². The molecule has 1 aliphatic rings. The fourth-order valence-corrected chi connectivity index (χ4v) is 3.59. The van der Waals surface area contributed by atoms with E-state index < -0.39 is 0 Å². The summed E-state index contributed by atoms with van der Waals surface area (Å²) in [5.41, 5.74) is 3.50. The van der Waals surface area contributed by atoms with Crippen LogP contribution in [-0.2, 0) is 13.1 Å². The maximum absolute atomic E-state index is 5.52.